The van der Waals surface area contributed by atoms with Crippen molar-refractivity contribution in [2.75, 3.05) is 26.5 Å². The first-order chi connectivity index (χ1) is 12.2. The van der Waals surface area contributed by atoms with Crippen molar-refractivity contribution in [2.24, 2.45) is 0 Å². The average molecular weight is 469 g/mol. The summed E-state index contributed by atoms with van der Waals surface area (Å²) in [5.41, 5.74) is 0.651. The molecule has 0 bridgehead atoms. The van der Waals surface area contributed by atoms with E-state index in [1.165, 1.54) is 36.3 Å². The van der Waals surface area contributed by atoms with E-state index in [0.717, 1.165) is 0 Å². The number of non-ortho nitro benzene ring substituents is 1. The van der Waals surface area contributed by atoms with E-state index in [-0.39, 0.29) is 17.2 Å². The Balaban J connectivity index is 2.39. The van der Waals surface area contributed by atoms with E-state index >= 15 is 0 Å². The minimum absolute atomic E-state index is 0.159. The van der Waals surface area contributed by atoms with Gasteiger partial charge in [-0.2, -0.15) is 0 Å². The maximum Gasteiger partial charge on any atom is 0.270 e. The van der Waals surface area contributed by atoms with Crippen LogP contribution in [-0.4, -0.2) is 42.8 Å². The number of hydrogen-bond donors (Lipinski definition) is 1. The predicted octanol–water partition coefficient (Wildman–Crippen LogP) is 3.16. The van der Waals surface area contributed by atoms with E-state index in [0.29, 0.717) is 20.6 Å². The third kappa shape index (κ3) is 4.28. The number of nitro benzene ring substituents is 1. The Kier molecular flexibility index (Phi) is 6.14. The predicted molar refractivity (Wildman–Crippen MR) is 105 cm³/mol. The number of carbonyl (C=O) groups excluding carboxylic acids is 2. The number of anilines is 1. The van der Waals surface area contributed by atoms with Crippen LogP contribution in [-0.2, 0) is 0 Å². The van der Waals surface area contributed by atoms with Crippen molar-refractivity contribution >= 4 is 45.8 Å². The molecule has 0 saturated heterocycles. The second-order valence-corrected chi connectivity index (χ2v) is 6.65. The first-order valence-electron chi connectivity index (χ1n) is 7.39. The Morgan fingerprint density at radius 3 is 2.46 bits per heavy atom. The molecular formula is C17H16IN3O5. The Bertz CT molecular complexity index is 883. The van der Waals surface area contributed by atoms with Crippen molar-refractivity contribution in [3.63, 3.8) is 0 Å². The minimum Gasteiger partial charge on any atom is -0.495 e. The summed E-state index contributed by atoms with van der Waals surface area (Å²) in [4.78, 5) is 36.5. The third-order valence-electron chi connectivity index (χ3n) is 3.51. The van der Waals surface area contributed by atoms with Crippen molar-refractivity contribution < 1.29 is 19.2 Å². The molecule has 0 aliphatic carbocycles. The van der Waals surface area contributed by atoms with Crippen LogP contribution in [0.3, 0.4) is 0 Å². The standard InChI is InChI=1S/C17H16IN3O5/c1-20(2)17(23)10-4-7-15(26-3)14(8-10)19-16(22)12-9-11(21(24)25)5-6-13(12)18/h4-9H,1-3H3,(H,19,22). The number of nitrogens with one attached hydrogen (secondary N) is 1. The largest absolute Gasteiger partial charge is 0.495 e. The van der Waals surface area contributed by atoms with Gasteiger partial charge in [0, 0.05) is 35.4 Å². The van der Waals surface area contributed by atoms with Crippen LogP contribution < -0.4 is 10.1 Å². The van der Waals surface area contributed by atoms with Gasteiger partial charge in [0.2, 0.25) is 0 Å². The molecule has 0 aromatic heterocycles. The van der Waals surface area contributed by atoms with E-state index in [1.807, 2.05) is 22.6 Å². The number of rotatable bonds is 5. The molecule has 136 valence electrons. The lowest BCUT2D eigenvalue weighted by atomic mass is 10.1. The van der Waals surface area contributed by atoms with Crippen molar-refractivity contribution in [2.45, 2.75) is 0 Å². The lowest BCUT2D eigenvalue weighted by Crippen LogP contribution is -2.22. The molecule has 0 unspecified atom stereocenters. The van der Waals surface area contributed by atoms with Crippen LogP contribution in [0.2, 0.25) is 0 Å². The quantitative estimate of drug-likeness (QED) is 0.412. The summed E-state index contributed by atoms with van der Waals surface area (Å²) in [5, 5.41) is 13.6. The molecule has 1 N–H and O–H groups in total. The van der Waals surface area contributed by atoms with E-state index in [9.17, 15) is 19.7 Å². The highest BCUT2D eigenvalue weighted by molar-refractivity contribution is 14.1. The fraction of sp³-hybridized carbons (Fsp3) is 0.176. The van der Waals surface area contributed by atoms with Crippen LogP contribution in [0.1, 0.15) is 20.7 Å². The summed E-state index contributed by atoms with van der Waals surface area (Å²) < 4.78 is 5.78. The summed E-state index contributed by atoms with van der Waals surface area (Å²) in [6.45, 7) is 0. The molecule has 9 heteroatoms. The first kappa shape index (κ1) is 19.6. The van der Waals surface area contributed by atoms with E-state index in [2.05, 4.69) is 5.32 Å². The Labute approximate surface area is 163 Å². The number of methoxy groups -OCH3 is 1. The summed E-state index contributed by atoms with van der Waals surface area (Å²) in [6, 6.07) is 8.70. The van der Waals surface area contributed by atoms with Crippen molar-refractivity contribution in [3.8, 4) is 5.75 Å². The Morgan fingerprint density at radius 2 is 1.88 bits per heavy atom. The summed E-state index contributed by atoms with van der Waals surface area (Å²) in [5.74, 6) is -0.395. The molecular weight excluding hydrogens is 453 g/mol. The average Bonchev–Trinajstić information content (AvgIpc) is 2.60. The van der Waals surface area contributed by atoms with Gasteiger partial charge in [-0.05, 0) is 46.9 Å². The van der Waals surface area contributed by atoms with Crippen LogP contribution in [0, 0.1) is 13.7 Å². The normalized spacial score (nSPS) is 10.2. The van der Waals surface area contributed by atoms with Crippen LogP contribution in [0.4, 0.5) is 11.4 Å². The number of ether oxygens (including phenoxy) is 1. The maximum atomic E-state index is 12.6. The zero-order valence-corrected chi connectivity index (χ0v) is 16.4. The monoisotopic (exact) mass is 469 g/mol. The van der Waals surface area contributed by atoms with Gasteiger partial charge in [0.15, 0.2) is 0 Å². The number of amides is 2. The van der Waals surface area contributed by atoms with Crippen LogP contribution >= 0.6 is 22.6 Å². The smallest absolute Gasteiger partial charge is 0.270 e. The number of nitrogens with zero attached hydrogens (tertiary/aromatic N) is 2. The molecule has 2 aromatic rings. The molecule has 0 atom stereocenters. The summed E-state index contributed by atoms with van der Waals surface area (Å²) in [7, 11) is 4.68. The number of carbonyl (C=O) groups is 2. The van der Waals surface area contributed by atoms with Gasteiger partial charge in [-0.15, -0.1) is 0 Å². The lowest BCUT2D eigenvalue weighted by Gasteiger charge is -2.14. The van der Waals surface area contributed by atoms with Gasteiger partial charge in [0.05, 0.1) is 23.3 Å². The molecule has 26 heavy (non-hydrogen) atoms. The highest BCUT2D eigenvalue weighted by atomic mass is 127. The van der Waals surface area contributed by atoms with Gasteiger partial charge in [0.25, 0.3) is 17.5 Å². The fourth-order valence-electron chi connectivity index (χ4n) is 2.19. The molecule has 2 rings (SSSR count). The van der Waals surface area contributed by atoms with Gasteiger partial charge in [-0.25, -0.2) is 0 Å². The van der Waals surface area contributed by atoms with Gasteiger partial charge < -0.3 is 15.0 Å². The van der Waals surface area contributed by atoms with Gasteiger partial charge >= 0.3 is 0 Å². The summed E-state index contributed by atoms with van der Waals surface area (Å²) >= 11 is 1.93. The van der Waals surface area contributed by atoms with Gasteiger partial charge in [0.1, 0.15) is 5.75 Å². The Hall–Kier alpha value is -2.69. The van der Waals surface area contributed by atoms with E-state index in [1.54, 1.807) is 26.2 Å². The number of benzene rings is 2. The van der Waals surface area contributed by atoms with Gasteiger partial charge in [-0.1, -0.05) is 0 Å². The SMILES string of the molecule is COc1ccc(C(=O)N(C)C)cc1NC(=O)c1cc([N+](=O)[O-])ccc1I. The van der Waals surface area contributed by atoms with Gasteiger partial charge in [-0.3, -0.25) is 19.7 Å². The van der Waals surface area contributed by atoms with Crippen molar-refractivity contribution in [1.29, 1.82) is 0 Å². The van der Waals surface area contributed by atoms with Crippen LogP contribution in [0.25, 0.3) is 0 Å². The zero-order chi connectivity index (χ0) is 19.4. The molecule has 0 aliphatic heterocycles. The lowest BCUT2D eigenvalue weighted by molar-refractivity contribution is -0.384. The van der Waals surface area contributed by atoms with E-state index < -0.39 is 10.8 Å². The first-order valence-corrected chi connectivity index (χ1v) is 8.47. The summed E-state index contributed by atoms with van der Waals surface area (Å²) in [6.07, 6.45) is 0. The van der Waals surface area contributed by atoms with Crippen LogP contribution in [0.5, 0.6) is 5.75 Å². The zero-order valence-electron chi connectivity index (χ0n) is 14.3. The Morgan fingerprint density at radius 1 is 1.19 bits per heavy atom. The second kappa shape index (κ2) is 8.13. The molecule has 0 radical (unpaired) electrons. The maximum absolute atomic E-state index is 12.6. The van der Waals surface area contributed by atoms with Crippen molar-refractivity contribution in [3.05, 3.63) is 61.2 Å². The molecule has 0 saturated carbocycles. The third-order valence-corrected chi connectivity index (χ3v) is 4.45. The molecule has 2 aromatic carbocycles. The topological polar surface area (TPSA) is 102 Å². The highest BCUT2D eigenvalue weighted by Crippen LogP contribution is 2.28. The molecule has 0 heterocycles. The number of halogens is 1. The highest BCUT2D eigenvalue weighted by Gasteiger charge is 2.18. The number of nitro groups is 1. The van der Waals surface area contributed by atoms with Crippen LogP contribution in [0.15, 0.2) is 36.4 Å². The molecule has 8 nitrogen and oxygen atoms in total. The fourth-order valence-corrected chi connectivity index (χ4v) is 2.77. The van der Waals surface area contributed by atoms with Crippen molar-refractivity contribution in [1.82, 2.24) is 4.90 Å². The van der Waals surface area contributed by atoms with E-state index in [4.69, 9.17) is 4.74 Å². The minimum atomic E-state index is -0.566. The molecule has 0 aliphatic rings. The number of hydrogen-bond acceptors (Lipinski definition) is 5. The molecule has 0 fully saturated rings. The molecule has 2 amide bonds. The molecule has 0 spiro atoms. The second-order valence-electron chi connectivity index (χ2n) is 5.49.